The van der Waals surface area contributed by atoms with Crippen LogP contribution >= 0.6 is 0 Å². The number of likely N-dealkylation sites (N-methyl/N-ethyl adjacent to an activating group) is 1. The van der Waals surface area contributed by atoms with E-state index in [9.17, 15) is 0 Å². The zero-order valence-corrected chi connectivity index (χ0v) is 22.5. The molecule has 0 saturated heterocycles. The molecule has 1 spiro atoms. The summed E-state index contributed by atoms with van der Waals surface area (Å²) in [6.45, 7) is 9.11. The number of fused-ring (bicyclic) bond motifs is 12. The van der Waals surface area contributed by atoms with Crippen LogP contribution in [0.15, 0.2) is 91.0 Å². The Kier molecular flexibility index (Phi) is 4.10. The van der Waals surface area contributed by atoms with Gasteiger partial charge in [0.25, 0.3) is 5.54 Å². The van der Waals surface area contributed by atoms with Gasteiger partial charge in [-0.05, 0) is 73.4 Å². The van der Waals surface area contributed by atoms with Crippen molar-refractivity contribution >= 4 is 17.1 Å². The summed E-state index contributed by atoms with van der Waals surface area (Å²) in [6, 6.07) is 33.6. The standard InChI is InChI=1S/C34H31N4/c1-21-19-27-32(24(4)31(21)25-13-7-6-8-14-25)36-30-18-12-11-17-29(30)35(5)33(36)34(27)26-15-9-10-16-28(26)37-22(2)20-23(3)38(34)37/h6-20,33H,1-5H3/q+1. The Morgan fingerprint density at radius 3 is 2.13 bits per heavy atom. The van der Waals surface area contributed by atoms with Gasteiger partial charge in [-0.3, -0.25) is 0 Å². The van der Waals surface area contributed by atoms with Crippen LogP contribution in [-0.2, 0) is 5.54 Å². The van der Waals surface area contributed by atoms with Gasteiger partial charge in [0.15, 0.2) is 6.17 Å². The monoisotopic (exact) mass is 495 g/mol. The number of aryl methyl sites for hydroxylation is 3. The predicted octanol–water partition coefficient (Wildman–Crippen LogP) is 6.70. The molecular formula is C34H31N4+. The third kappa shape index (κ3) is 2.31. The highest BCUT2D eigenvalue weighted by atomic mass is 15.6. The molecule has 4 heterocycles. The second-order valence-corrected chi connectivity index (χ2v) is 11.1. The minimum atomic E-state index is -0.400. The van der Waals surface area contributed by atoms with Gasteiger partial charge in [-0.25, -0.2) is 0 Å². The zero-order valence-electron chi connectivity index (χ0n) is 22.5. The van der Waals surface area contributed by atoms with Gasteiger partial charge < -0.3 is 9.80 Å². The van der Waals surface area contributed by atoms with E-state index >= 15 is 0 Å². The number of hydrogen-bond acceptors (Lipinski definition) is 2. The first-order valence-corrected chi connectivity index (χ1v) is 13.5. The van der Waals surface area contributed by atoms with E-state index in [2.05, 4.69) is 145 Å². The second kappa shape index (κ2) is 7.16. The van der Waals surface area contributed by atoms with Crippen molar-refractivity contribution < 1.29 is 4.68 Å². The van der Waals surface area contributed by atoms with Gasteiger partial charge in [-0.2, -0.15) is 0 Å². The molecule has 5 aromatic rings. The van der Waals surface area contributed by atoms with Crippen molar-refractivity contribution in [3.05, 3.63) is 125 Å². The quantitative estimate of drug-likeness (QED) is 0.241. The molecule has 0 fully saturated rings. The van der Waals surface area contributed by atoms with E-state index in [0.717, 1.165) is 0 Å². The summed E-state index contributed by atoms with van der Waals surface area (Å²) in [7, 11) is 2.27. The van der Waals surface area contributed by atoms with Crippen molar-refractivity contribution in [1.29, 1.82) is 0 Å². The van der Waals surface area contributed by atoms with Gasteiger partial charge in [0.05, 0.1) is 33.9 Å². The average molecular weight is 496 g/mol. The Bertz CT molecular complexity index is 1800. The summed E-state index contributed by atoms with van der Waals surface area (Å²) in [5, 5.41) is 0. The molecule has 0 saturated carbocycles. The lowest BCUT2D eigenvalue weighted by atomic mass is 9.79. The molecule has 4 heteroatoms. The van der Waals surface area contributed by atoms with Crippen LogP contribution in [0.1, 0.15) is 33.6 Å². The molecular weight excluding hydrogens is 464 g/mol. The molecule has 0 radical (unpaired) electrons. The van der Waals surface area contributed by atoms with E-state index in [1.807, 2.05) is 0 Å². The Balaban J connectivity index is 1.57. The van der Waals surface area contributed by atoms with Crippen LogP contribution in [-0.4, -0.2) is 17.9 Å². The molecule has 38 heavy (non-hydrogen) atoms. The first-order valence-electron chi connectivity index (χ1n) is 13.5. The summed E-state index contributed by atoms with van der Waals surface area (Å²) in [5.41, 5.74) is 15.3. The molecule has 0 bridgehead atoms. The van der Waals surface area contributed by atoms with Gasteiger partial charge in [0, 0.05) is 20.0 Å². The fraction of sp³-hybridized carbons (Fsp3) is 0.206. The van der Waals surface area contributed by atoms with Crippen LogP contribution in [0, 0.1) is 27.7 Å². The minimum absolute atomic E-state index is 0.0689. The molecule has 3 aliphatic rings. The molecule has 0 amide bonds. The Hall–Kier alpha value is -4.31. The Labute approximate surface area is 224 Å². The van der Waals surface area contributed by atoms with E-state index < -0.39 is 5.54 Å². The summed E-state index contributed by atoms with van der Waals surface area (Å²) in [6.07, 6.45) is 0.0689. The Morgan fingerprint density at radius 1 is 0.711 bits per heavy atom. The smallest absolute Gasteiger partial charge is 0.285 e. The van der Waals surface area contributed by atoms with Crippen LogP contribution in [0.4, 0.5) is 17.1 Å². The van der Waals surface area contributed by atoms with Crippen molar-refractivity contribution in [1.82, 2.24) is 4.68 Å². The van der Waals surface area contributed by atoms with Crippen LogP contribution in [0.25, 0.3) is 16.8 Å². The van der Waals surface area contributed by atoms with Gasteiger partial charge >= 0.3 is 0 Å². The third-order valence-corrected chi connectivity index (χ3v) is 9.12. The van der Waals surface area contributed by atoms with E-state index in [1.54, 1.807) is 0 Å². The number of hydrogen-bond donors (Lipinski definition) is 0. The predicted molar refractivity (Wildman–Crippen MR) is 154 cm³/mol. The number of anilines is 3. The van der Waals surface area contributed by atoms with Gasteiger partial charge in [0.2, 0.25) is 5.69 Å². The van der Waals surface area contributed by atoms with Crippen LogP contribution < -0.4 is 14.5 Å². The Morgan fingerprint density at radius 2 is 1.37 bits per heavy atom. The van der Waals surface area contributed by atoms with Crippen molar-refractivity contribution in [2.75, 3.05) is 16.8 Å². The highest BCUT2D eigenvalue weighted by Gasteiger charge is 2.70. The van der Waals surface area contributed by atoms with E-state index in [0.29, 0.717) is 0 Å². The summed E-state index contributed by atoms with van der Waals surface area (Å²) >= 11 is 0. The number of benzene rings is 4. The average Bonchev–Trinajstić information content (AvgIpc) is 3.59. The second-order valence-electron chi connectivity index (χ2n) is 11.1. The van der Waals surface area contributed by atoms with Crippen LogP contribution in [0.3, 0.4) is 0 Å². The lowest BCUT2D eigenvalue weighted by Crippen LogP contribution is -2.68. The number of nitrogens with zero attached hydrogens (tertiary/aromatic N) is 4. The van der Waals surface area contributed by atoms with E-state index in [4.69, 9.17) is 0 Å². The molecule has 8 rings (SSSR count). The van der Waals surface area contributed by atoms with Crippen LogP contribution in [0.5, 0.6) is 0 Å². The molecule has 4 aromatic carbocycles. The number of rotatable bonds is 1. The molecule has 3 aliphatic heterocycles. The number of para-hydroxylation sites is 3. The largest absolute Gasteiger partial charge is 0.346 e. The summed E-state index contributed by atoms with van der Waals surface area (Å²) in [4.78, 5) is 5.14. The highest BCUT2D eigenvalue weighted by Crippen LogP contribution is 2.61. The topological polar surface area (TPSA) is 15.3 Å². The van der Waals surface area contributed by atoms with Gasteiger partial charge in [-0.15, -0.1) is 4.68 Å². The molecule has 0 N–H and O–H groups in total. The SMILES string of the molecule is Cc1cc2c(c(C)c1-c1ccccc1)N1c3ccccc3N(C)C1C21c2ccccc2-n2c(C)cc(C)[n+]21. The number of aromatic nitrogens is 2. The van der Waals surface area contributed by atoms with Crippen molar-refractivity contribution in [2.45, 2.75) is 39.4 Å². The minimum Gasteiger partial charge on any atom is -0.346 e. The van der Waals surface area contributed by atoms with Gasteiger partial charge in [0.1, 0.15) is 5.69 Å². The molecule has 2 unspecified atom stereocenters. The first kappa shape index (κ1) is 21.7. The molecule has 1 aromatic heterocycles. The zero-order chi connectivity index (χ0) is 25.9. The maximum absolute atomic E-state index is 2.63. The van der Waals surface area contributed by atoms with Crippen LogP contribution in [0.2, 0.25) is 0 Å². The fourth-order valence-electron chi connectivity index (χ4n) is 7.95. The highest BCUT2D eigenvalue weighted by molar-refractivity contribution is 5.94. The maximum Gasteiger partial charge on any atom is 0.285 e. The lowest BCUT2D eigenvalue weighted by molar-refractivity contribution is -0.806. The molecule has 4 nitrogen and oxygen atoms in total. The van der Waals surface area contributed by atoms with Crippen molar-refractivity contribution in [2.24, 2.45) is 0 Å². The van der Waals surface area contributed by atoms with Crippen molar-refractivity contribution in [3.63, 3.8) is 0 Å². The van der Waals surface area contributed by atoms with Crippen molar-refractivity contribution in [3.8, 4) is 16.8 Å². The molecule has 0 aliphatic carbocycles. The molecule has 2 atom stereocenters. The third-order valence-electron chi connectivity index (χ3n) is 9.12. The lowest BCUT2D eigenvalue weighted by Gasteiger charge is -2.32. The van der Waals surface area contributed by atoms with Gasteiger partial charge in [-0.1, -0.05) is 59.3 Å². The summed E-state index contributed by atoms with van der Waals surface area (Å²) in [5.74, 6) is 0. The fourth-order valence-corrected chi connectivity index (χ4v) is 7.95. The summed E-state index contributed by atoms with van der Waals surface area (Å²) < 4.78 is 5.03. The molecule has 186 valence electrons. The normalized spacial score (nSPS) is 20.0. The van der Waals surface area contributed by atoms with E-state index in [-0.39, 0.29) is 6.17 Å². The van der Waals surface area contributed by atoms with E-state index in [1.165, 1.54) is 67.5 Å². The first-order chi connectivity index (χ1) is 18.5. The maximum atomic E-state index is 2.63.